The molecule has 0 aliphatic carbocycles. The van der Waals surface area contributed by atoms with Crippen LogP contribution in [-0.2, 0) is 37.5 Å². The van der Waals surface area contributed by atoms with Crippen LogP contribution in [0.1, 0.15) is 226 Å². The van der Waals surface area contributed by atoms with E-state index in [9.17, 15) is 23.8 Å². The molecule has 0 rings (SSSR count). The predicted molar refractivity (Wildman–Crippen MR) is 240 cm³/mol. The van der Waals surface area contributed by atoms with Crippen molar-refractivity contribution in [1.82, 2.24) is 0 Å². The van der Waals surface area contributed by atoms with Gasteiger partial charge in [-0.15, -0.1) is 0 Å². The van der Waals surface area contributed by atoms with Crippen molar-refractivity contribution in [3.8, 4) is 0 Å². The molecule has 0 saturated heterocycles. The number of phosphoric acid groups is 1. The van der Waals surface area contributed by atoms with E-state index in [1.54, 1.807) is 0 Å². The molecule has 346 valence electrons. The maximum atomic E-state index is 12.6. The standard InChI is InChI=1S/C47H88NO10P/c1-3-5-7-9-11-13-15-17-19-20-21-22-23-24-25-27-28-30-32-34-36-38-45(49)55-40-43(41-56-59(53,54)57-42-44(48)47(51)52)58-46(50)39-37-35-33-31-29-26-18-16-14-12-10-8-6-4-2/h10,12,16,18,43-44H,3-9,11,13-15,17,19-42,48H2,1-2H3,(H,51,52)(H,53,54)/b12-10-,18-16-. The molecule has 0 aromatic carbocycles. The first kappa shape index (κ1) is 57.0. The zero-order valence-electron chi connectivity index (χ0n) is 37.6. The highest BCUT2D eigenvalue weighted by molar-refractivity contribution is 7.47. The highest BCUT2D eigenvalue weighted by Crippen LogP contribution is 2.43. The number of aliphatic carboxylic acids is 1. The molecule has 11 nitrogen and oxygen atoms in total. The van der Waals surface area contributed by atoms with Crippen LogP contribution in [0.3, 0.4) is 0 Å². The monoisotopic (exact) mass is 858 g/mol. The quantitative estimate of drug-likeness (QED) is 0.0230. The van der Waals surface area contributed by atoms with Gasteiger partial charge in [0.1, 0.15) is 12.6 Å². The smallest absolute Gasteiger partial charge is 0.472 e. The van der Waals surface area contributed by atoms with E-state index >= 15 is 0 Å². The van der Waals surface area contributed by atoms with Crippen molar-refractivity contribution in [2.45, 2.75) is 238 Å². The van der Waals surface area contributed by atoms with Crippen LogP contribution in [0, 0.1) is 0 Å². The number of allylic oxidation sites excluding steroid dienone is 4. The van der Waals surface area contributed by atoms with E-state index in [4.69, 9.17) is 24.8 Å². The summed E-state index contributed by atoms with van der Waals surface area (Å²) in [5.74, 6) is -2.38. The summed E-state index contributed by atoms with van der Waals surface area (Å²) in [6.45, 7) is 2.78. The number of unbranched alkanes of at least 4 members (excludes halogenated alkanes) is 27. The van der Waals surface area contributed by atoms with Gasteiger partial charge in [-0.25, -0.2) is 4.57 Å². The number of carboxylic acids is 1. The lowest BCUT2D eigenvalue weighted by Crippen LogP contribution is -2.34. The van der Waals surface area contributed by atoms with E-state index in [-0.39, 0.29) is 19.4 Å². The van der Waals surface area contributed by atoms with Gasteiger partial charge < -0.3 is 25.2 Å². The topological polar surface area (TPSA) is 172 Å². The summed E-state index contributed by atoms with van der Waals surface area (Å²) in [7, 11) is -4.72. The van der Waals surface area contributed by atoms with Gasteiger partial charge in [-0.1, -0.05) is 199 Å². The third kappa shape index (κ3) is 42.4. The molecule has 0 heterocycles. The molecular weight excluding hydrogens is 769 g/mol. The number of nitrogens with two attached hydrogens (primary N) is 1. The van der Waals surface area contributed by atoms with Crippen molar-refractivity contribution >= 4 is 25.7 Å². The molecule has 0 aliphatic rings. The fourth-order valence-corrected chi connectivity index (χ4v) is 7.45. The van der Waals surface area contributed by atoms with Crippen molar-refractivity contribution in [1.29, 1.82) is 0 Å². The number of carbonyl (C=O) groups is 3. The lowest BCUT2D eigenvalue weighted by molar-refractivity contribution is -0.161. The summed E-state index contributed by atoms with van der Waals surface area (Å²) >= 11 is 0. The van der Waals surface area contributed by atoms with Crippen molar-refractivity contribution in [3.63, 3.8) is 0 Å². The Bertz CT molecular complexity index is 1100. The Morgan fingerprint density at radius 3 is 1.37 bits per heavy atom. The van der Waals surface area contributed by atoms with Gasteiger partial charge in [0.15, 0.2) is 6.10 Å². The van der Waals surface area contributed by atoms with Crippen molar-refractivity contribution in [3.05, 3.63) is 24.3 Å². The summed E-state index contributed by atoms with van der Waals surface area (Å²) < 4.78 is 32.7. The molecule has 0 radical (unpaired) electrons. The van der Waals surface area contributed by atoms with E-state index in [1.807, 2.05) is 0 Å². The average Bonchev–Trinajstić information content (AvgIpc) is 3.21. The molecule has 3 atom stereocenters. The van der Waals surface area contributed by atoms with Gasteiger partial charge in [-0.05, 0) is 38.5 Å². The largest absolute Gasteiger partial charge is 0.480 e. The Kier molecular flexibility index (Phi) is 41.2. The van der Waals surface area contributed by atoms with Crippen molar-refractivity contribution < 1.29 is 47.5 Å². The van der Waals surface area contributed by atoms with Crippen LogP contribution >= 0.6 is 7.82 Å². The average molecular weight is 858 g/mol. The highest BCUT2D eigenvalue weighted by Gasteiger charge is 2.28. The third-order valence-electron chi connectivity index (χ3n) is 10.5. The summed E-state index contributed by atoms with van der Waals surface area (Å²) in [6, 6.07) is -1.52. The molecule has 59 heavy (non-hydrogen) atoms. The van der Waals surface area contributed by atoms with E-state index in [0.29, 0.717) is 12.8 Å². The summed E-state index contributed by atoms with van der Waals surface area (Å²) in [5, 5.41) is 8.90. The van der Waals surface area contributed by atoms with Gasteiger partial charge in [-0.3, -0.25) is 23.4 Å². The summed E-state index contributed by atoms with van der Waals surface area (Å²) in [6.07, 6.45) is 45.3. The van der Waals surface area contributed by atoms with Crippen LogP contribution in [0.5, 0.6) is 0 Å². The zero-order valence-corrected chi connectivity index (χ0v) is 38.5. The van der Waals surface area contributed by atoms with Crippen LogP contribution < -0.4 is 5.73 Å². The minimum Gasteiger partial charge on any atom is -0.480 e. The normalized spacial score (nSPS) is 13.8. The molecule has 0 saturated carbocycles. The van der Waals surface area contributed by atoms with Crippen LogP contribution in [0.15, 0.2) is 24.3 Å². The van der Waals surface area contributed by atoms with Crippen LogP contribution in [0.25, 0.3) is 0 Å². The first-order valence-electron chi connectivity index (χ1n) is 23.9. The van der Waals surface area contributed by atoms with Gasteiger partial charge in [-0.2, -0.15) is 0 Å². The second-order valence-corrected chi connectivity index (χ2v) is 17.7. The Labute approximate surface area is 360 Å². The first-order valence-corrected chi connectivity index (χ1v) is 25.4. The fourth-order valence-electron chi connectivity index (χ4n) is 6.67. The van der Waals surface area contributed by atoms with E-state index < -0.39 is 51.1 Å². The van der Waals surface area contributed by atoms with Gasteiger partial charge >= 0.3 is 25.7 Å². The minimum absolute atomic E-state index is 0.148. The molecule has 0 bridgehead atoms. The molecule has 0 aromatic rings. The highest BCUT2D eigenvalue weighted by atomic mass is 31.2. The summed E-state index contributed by atoms with van der Waals surface area (Å²) in [4.78, 5) is 46.0. The van der Waals surface area contributed by atoms with Gasteiger partial charge in [0.2, 0.25) is 0 Å². The fraction of sp³-hybridized carbons (Fsp3) is 0.851. The van der Waals surface area contributed by atoms with Crippen molar-refractivity contribution in [2.75, 3.05) is 19.8 Å². The van der Waals surface area contributed by atoms with Gasteiger partial charge in [0.05, 0.1) is 13.2 Å². The zero-order chi connectivity index (χ0) is 43.5. The Morgan fingerprint density at radius 1 is 0.525 bits per heavy atom. The lowest BCUT2D eigenvalue weighted by atomic mass is 10.0. The molecule has 3 unspecified atom stereocenters. The lowest BCUT2D eigenvalue weighted by Gasteiger charge is -2.20. The maximum Gasteiger partial charge on any atom is 0.472 e. The first-order chi connectivity index (χ1) is 28.6. The molecule has 0 fully saturated rings. The minimum atomic E-state index is -4.72. The number of ether oxygens (including phenoxy) is 2. The molecule has 4 N–H and O–H groups in total. The number of rotatable bonds is 45. The second kappa shape index (κ2) is 42.6. The number of hydrogen-bond acceptors (Lipinski definition) is 9. The Morgan fingerprint density at radius 2 is 0.915 bits per heavy atom. The molecule has 12 heteroatoms. The molecule has 0 aliphatic heterocycles. The number of phosphoric ester groups is 1. The Hall–Kier alpha value is -2.04. The SMILES string of the molecule is CCCC/C=C\C/C=C\CCCCCCCC(=O)OC(COC(=O)CCCCCCCCCCCCCCCCCCCCCCC)COP(=O)(O)OCC(N)C(=O)O. The number of esters is 2. The van der Waals surface area contributed by atoms with Gasteiger partial charge in [0, 0.05) is 12.8 Å². The maximum absolute atomic E-state index is 12.6. The van der Waals surface area contributed by atoms with E-state index in [1.165, 1.54) is 122 Å². The van der Waals surface area contributed by atoms with Crippen LogP contribution in [0.2, 0.25) is 0 Å². The van der Waals surface area contributed by atoms with Crippen LogP contribution in [0.4, 0.5) is 0 Å². The molecule has 0 spiro atoms. The summed E-state index contributed by atoms with van der Waals surface area (Å²) in [5.41, 5.74) is 5.34. The number of carbonyl (C=O) groups excluding carboxylic acids is 2. The second-order valence-electron chi connectivity index (χ2n) is 16.2. The van der Waals surface area contributed by atoms with Crippen LogP contribution in [-0.4, -0.2) is 59.9 Å². The molecule has 0 amide bonds. The number of carboxylic acid groups (broad SMARTS) is 1. The van der Waals surface area contributed by atoms with E-state index in [0.717, 1.165) is 64.2 Å². The van der Waals surface area contributed by atoms with Gasteiger partial charge in [0.25, 0.3) is 0 Å². The number of hydrogen-bond donors (Lipinski definition) is 3. The van der Waals surface area contributed by atoms with Crippen molar-refractivity contribution in [2.24, 2.45) is 5.73 Å². The third-order valence-corrected chi connectivity index (χ3v) is 11.4. The van der Waals surface area contributed by atoms with E-state index in [2.05, 4.69) is 42.7 Å². The molecule has 0 aromatic heterocycles. The predicted octanol–water partition coefficient (Wildman–Crippen LogP) is 13.0. The molecular formula is C47H88NO10P. The Balaban J connectivity index is 4.23.